The lowest BCUT2D eigenvalue weighted by Crippen LogP contribution is -2.16. The van der Waals surface area contributed by atoms with Gasteiger partial charge in [0.1, 0.15) is 5.00 Å². The molecule has 3 aromatic heterocycles. The van der Waals surface area contributed by atoms with Crippen LogP contribution in [0.25, 0.3) is 11.4 Å². The first-order valence-corrected chi connectivity index (χ1v) is 12.8. The smallest absolute Gasteiger partial charge is 0.340 e. The molecule has 164 valence electrons. The van der Waals surface area contributed by atoms with Gasteiger partial charge >= 0.3 is 5.97 Å². The highest BCUT2D eigenvalue weighted by Crippen LogP contribution is 2.36. The quantitative estimate of drug-likeness (QED) is 0.397. The summed E-state index contributed by atoms with van der Waals surface area (Å²) < 4.78 is 6.78. The second-order valence-corrected chi connectivity index (χ2v) is 10.3. The number of carbonyl (C=O) groups is 2. The maximum Gasteiger partial charge on any atom is 0.340 e. The number of anilines is 1. The van der Waals surface area contributed by atoms with E-state index in [4.69, 9.17) is 4.74 Å². The topological polar surface area (TPSA) is 86.1 Å². The fraction of sp³-hybridized carbons (Fsp3) is 0.429. The number of hydrogen-bond acceptors (Lipinski definition) is 8. The van der Waals surface area contributed by atoms with E-state index in [2.05, 4.69) is 20.9 Å². The van der Waals surface area contributed by atoms with Gasteiger partial charge in [-0.25, -0.2) is 4.79 Å². The summed E-state index contributed by atoms with van der Waals surface area (Å²) in [4.78, 5) is 27.0. The average molecular weight is 477 g/mol. The van der Waals surface area contributed by atoms with Gasteiger partial charge < -0.3 is 14.6 Å². The van der Waals surface area contributed by atoms with Crippen molar-refractivity contribution in [3.63, 3.8) is 0 Å². The number of nitrogens with one attached hydrogen (secondary N) is 1. The zero-order chi connectivity index (χ0) is 22.0. The van der Waals surface area contributed by atoms with Crippen LogP contribution in [0, 0.1) is 0 Å². The first kappa shape index (κ1) is 22.0. The lowest BCUT2D eigenvalue weighted by molar-refractivity contribution is -0.113. The van der Waals surface area contributed by atoms with E-state index in [9.17, 15) is 9.59 Å². The van der Waals surface area contributed by atoms with E-state index in [1.807, 2.05) is 18.5 Å². The second kappa shape index (κ2) is 9.54. The number of aromatic nitrogens is 3. The first-order chi connectivity index (χ1) is 15.0. The molecule has 7 nitrogen and oxygen atoms in total. The van der Waals surface area contributed by atoms with Gasteiger partial charge in [0, 0.05) is 27.7 Å². The molecule has 31 heavy (non-hydrogen) atoms. The summed E-state index contributed by atoms with van der Waals surface area (Å²) in [5.74, 6) is 0.377. The van der Waals surface area contributed by atoms with Crippen molar-refractivity contribution in [1.82, 2.24) is 14.8 Å². The van der Waals surface area contributed by atoms with Crippen LogP contribution >= 0.6 is 34.4 Å². The molecule has 4 rings (SSSR count). The lowest BCUT2D eigenvalue weighted by atomic mass is 9.96. The van der Waals surface area contributed by atoms with E-state index in [0.717, 1.165) is 30.0 Å². The van der Waals surface area contributed by atoms with E-state index in [-0.39, 0.29) is 11.7 Å². The Morgan fingerprint density at radius 3 is 2.87 bits per heavy atom. The number of carbonyl (C=O) groups excluding carboxylic acids is 2. The number of thiophene rings is 2. The SMILES string of the molecule is CCc1cc(C(=O)OC)c(NC(=O)CSc2nnc(-c3csc4c3CCCC4)n2C)s1. The number of esters is 1. The van der Waals surface area contributed by atoms with Gasteiger partial charge in [-0.3, -0.25) is 4.79 Å². The molecule has 0 bridgehead atoms. The van der Waals surface area contributed by atoms with Gasteiger partial charge in [0.25, 0.3) is 0 Å². The van der Waals surface area contributed by atoms with Crippen molar-refractivity contribution in [2.45, 2.75) is 44.2 Å². The fourth-order valence-corrected chi connectivity index (χ4v) is 6.46. The van der Waals surface area contributed by atoms with Crippen molar-refractivity contribution in [3.05, 3.63) is 32.3 Å². The monoisotopic (exact) mass is 476 g/mol. The largest absolute Gasteiger partial charge is 0.465 e. The Labute approximate surface area is 193 Å². The molecule has 0 unspecified atom stereocenters. The Balaban J connectivity index is 1.44. The van der Waals surface area contributed by atoms with Gasteiger partial charge in [-0.05, 0) is 43.7 Å². The van der Waals surface area contributed by atoms with Gasteiger partial charge in [-0.15, -0.1) is 32.9 Å². The minimum Gasteiger partial charge on any atom is -0.465 e. The minimum absolute atomic E-state index is 0.174. The Bertz CT molecular complexity index is 1120. The molecule has 0 radical (unpaired) electrons. The molecule has 3 heterocycles. The Hall–Kier alpha value is -2.17. The number of fused-ring (bicyclic) bond motifs is 1. The van der Waals surface area contributed by atoms with Crippen molar-refractivity contribution < 1.29 is 14.3 Å². The third-order valence-corrected chi connectivity index (χ3v) is 8.56. The van der Waals surface area contributed by atoms with Crippen molar-refractivity contribution in [2.24, 2.45) is 7.05 Å². The zero-order valence-electron chi connectivity index (χ0n) is 17.7. The van der Waals surface area contributed by atoms with Gasteiger partial charge in [0.2, 0.25) is 5.91 Å². The molecule has 0 fully saturated rings. The lowest BCUT2D eigenvalue weighted by Gasteiger charge is -2.12. The van der Waals surface area contributed by atoms with E-state index in [1.165, 1.54) is 59.1 Å². The molecule has 0 spiro atoms. The van der Waals surface area contributed by atoms with Crippen LogP contribution in [0.5, 0.6) is 0 Å². The molecule has 10 heteroatoms. The van der Waals surface area contributed by atoms with Crippen LogP contribution in [0.3, 0.4) is 0 Å². The fourth-order valence-electron chi connectivity index (χ4n) is 3.62. The Morgan fingerprint density at radius 2 is 2.10 bits per heavy atom. The van der Waals surface area contributed by atoms with Crippen molar-refractivity contribution >= 4 is 51.3 Å². The van der Waals surface area contributed by atoms with Gasteiger partial charge in [-0.1, -0.05) is 18.7 Å². The third-order valence-electron chi connectivity index (χ3n) is 5.26. The summed E-state index contributed by atoms with van der Waals surface area (Å²) in [6.07, 6.45) is 5.49. The van der Waals surface area contributed by atoms with E-state index < -0.39 is 5.97 Å². The minimum atomic E-state index is -0.448. The van der Waals surface area contributed by atoms with Crippen LogP contribution in [0.4, 0.5) is 5.00 Å². The van der Waals surface area contributed by atoms with E-state index >= 15 is 0 Å². The summed E-state index contributed by atoms with van der Waals surface area (Å²) in [6.45, 7) is 2.00. The molecule has 0 aliphatic heterocycles. The molecule has 1 aliphatic rings. The first-order valence-electron chi connectivity index (χ1n) is 10.1. The molecule has 0 atom stereocenters. The molecule has 1 amide bonds. The number of thioether (sulfide) groups is 1. The van der Waals surface area contributed by atoms with Crippen LogP contribution in [0.15, 0.2) is 16.6 Å². The zero-order valence-corrected chi connectivity index (χ0v) is 20.1. The predicted molar refractivity (Wildman–Crippen MR) is 125 cm³/mol. The normalized spacial score (nSPS) is 13.1. The number of methoxy groups -OCH3 is 1. The maximum atomic E-state index is 12.6. The summed E-state index contributed by atoms with van der Waals surface area (Å²) in [6, 6.07) is 1.77. The molecule has 3 aromatic rings. The molecule has 1 N–H and O–H groups in total. The molecule has 0 saturated carbocycles. The molecule has 1 aliphatic carbocycles. The third kappa shape index (κ3) is 4.56. The molecule has 0 aromatic carbocycles. The highest BCUT2D eigenvalue weighted by Gasteiger charge is 2.22. The molecular weight excluding hydrogens is 452 g/mol. The second-order valence-electron chi connectivity index (χ2n) is 7.26. The number of aryl methyl sites for hydroxylation is 2. The van der Waals surface area contributed by atoms with Crippen molar-refractivity contribution in [3.8, 4) is 11.4 Å². The van der Waals surface area contributed by atoms with Crippen LogP contribution in [0.2, 0.25) is 0 Å². The number of rotatable bonds is 7. The number of nitrogens with zero attached hydrogens (tertiary/aromatic N) is 3. The van der Waals surface area contributed by atoms with Crippen LogP contribution in [-0.4, -0.2) is 39.5 Å². The Kier molecular flexibility index (Phi) is 6.78. The van der Waals surface area contributed by atoms with Gasteiger partial charge in [0.05, 0.1) is 18.4 Å². The standard InChI is InChI=1S/C21H24N4O3S3/c1-4-12-9-14(20(27)28-3)19(31-12)22-17(26)11-30-21-24-23-18(25(21)2)15-10-29-16-8-6-5-7-13(15)16/h9-10H,4-8,11H2,1-3H3,(H,22,26). The van der Waals surface area contributed by atoms with Crippen LogP contribution < -0.4 is 5.32 Å². The van der Waals surface area contributed by atoms with Gasteiger partial charge in [0.15, 0.2) is 11.0 Å². The van der Waals surface area contributed by atoms with Gasteiger partial charge in [-0.2, -0.15) is 0 Å². The summed E-state index contributed by atoms with van der Waals surface area (Å²) >= 11 is 4.53. The van der Waals surface area contributed by atoms with Crippen LogP contribution in [0.1, 0.15) is 45.4 Å². The summed E-state index contributed by atoms with van der Waals surface area (Å²) in [5, 5.41) is 14.9. The predicted octanol–water partition coefficient (Wildman–Crippen LogP) is 4.56. The number of hydrogen-bond donors (Lipinski definition) is 1. The summed E-state index contributed by atoms with van der Waals surface area (Å²) in [5.41, 5.74) is 2.96. The Morgan fingerprint density at radius 1 is 1.29 bits per heavy atom. The van der Waals surface area contributed by atoms with Crippen molar-refractivity contribution in [2.75, 3.05) is 18.2 Å². The highest BCUT2D eigenvalue weighted by molar-refractivity contribution is 7.99. The average Bonchev–Trinajstić information content (AvgIpc) is 3.48. The van der Waals surface area contributed by atoms with Crippen LogP contribution in [-0.2, 0) is 35.8 Å². The number of amides is 1. The van der Waals surface area contributed by atoms with Crippen molar-refractivity contribution in [1.29, 1.82) is 0 Å². The number of ether oxygens (including phenoxy) is 1. The van der Waals surface area contributed by atoms with E-state index in [0.29, 0.717) is 15.7 Å². The highest BCUT2D eigenvalue weighted by atomic mass is 32.2. The molecule has 0 saturated heterocycles. The molecular formula is C21H24N4O3S3. The van der Waals surface area contributed by atoms with E-state index in [1.54, 1.807) is 17.4 Å². The summed E-state index contributed by atoms with van der Waals surface area (Å²) in [7, 11) is 3.27. The maximum absolute atomic E-state index is 12.6.